The van der Waals surface area contributed by atoms with Crippen molar-refractivity contribution in [1.82, 2.24) is 9.97 Å². The molecule has 0 bridgehead atoms. The average Bonchev–Trinajstić information content (AvgIpc) is 2.59. The first-order valence-electron chi connectivity index (χ1n) is 7.24. The molecule has 3 rings (SSSR count). The van der Waals surface area contributed by atoms with Crippen molar-refractivity contribution in [1.29, 1.82) is 0 Å². The molecular formula is C18H14BrN3O2. The lowest BCUT2D eigenvalue weighted by Gasteiger charge is -2.08. The van der Waals surface area contributed by atoms with Crippen molar-refractivity contribution in [3.8, 4) is 11.5 Å². The van der Waals surface area contributed by atoms with Crippen molar-refractivity contribution >= 4 is 27.5 Å². The van der Waals surface area contributed by atoms with E-state index in [-0.39, 0.29) is 11.6 Å². The highest BCUT2D eigenvalue weighted by molar-refractivity contribution is 9.10. The summed E-state index contributed by atoms with van der Waals surface area (Å²) < 4.78 is 6.73. The Balaban J connectivity index is 1.64. The molecule has 0 aliphatic rings. The van der Waals surface area contributed by atoms with Gasteiger partial charge in [-0.05, 0) is 55.5 Å². The Hall–Kier alpha value is -2.73. The zero-order chi connectivity index (χ0) is 16.9. The number of amides is 1. The van der Waals surface area contributed by atoms with Gasteiger partial charge in [-0.15, -0.1) is 0 Å². The van der Waals surface area contributed by atoms with Gasteiger partial charge in [0, 0.05) is 16.4 Å². The van der Waals surface area contributed by atoms with E-state index in [1.165, 1.54) is 6.20 Å². The number of nitrogens with zero attached hydrogens (tertiary/aromatic N) is 2. The minimum absolute atomic E-state index is 0.274. The number of aryl methyl sites for hydroxylation is 1. The number of anilines is 1. The predicted molar refractivity (Wildman–Crippen MR) is 95.4 cm³/mol. The van der Waals surface area contributed by atoms with E-state index in [2.05, 4.69) is 31.2 Å². The number of aromatic nitrogens is 2. The summed E-state index contributed by atoms with van der Waals surface area (Å²) in [6.45, 7) is 1.82. The Bertz CT molecular complexity index is 832. The first-order valence-corrected chi connectivity index (χ1v) is 8.03. The average molecular weight is 384 g/mol. The van der Waals surface area contributed by atoms with Crippen LogP contribution in [-0.2, 0) is 0 Å². The first-order chi connectivity index (χ1) is 11.6. The predicted octanol–water partition coefficient (Wildman–Crippen LogP) is 4.59. The van der Waals surface area contributed by atoms with Gasteiger partial charge in [0.1, 0.15) is 17.2 Å². The topological polar surface area (TPSA) is 64.1 Å². The van der Waals surface area contributed by atoms with E-state index in [4.69, 9.17) is 4.74 Å². The summed E-state index contributed by atoms with van der Waals surface area (Å²) in [6.07, 6.45) is 3.01. The van der Waals surface area contributed by atoms with Crippen molar-refractivity contribution in [2.75, 3.05) is 5.32 Å². The normalized spacial score (nSPS) is 10.2. The lowest BCUT2D eigenvalue weighted by Crippen LogP contribution is -2.14. The van der Waals surface area contributed by atoms with Crippen LogP contribution in [0.4, 0.5) is 5.69 Å². The van der Waals surface area contributed by atoms with Gasteiger partial charge in [-0.2, -0.15) is 0 Å². The third kappa shape index (κ3) is 4.17. The summed E-state index contributed by atoms with van der Waals surface area (Å²) in [5.74, 6) is 1.12. The summed E-state index contributed by atoms with van der Waals surface area (Å²) in [5.41, 5.74) is 1.70. The molecule has 5 nitrogen and oxygen atoms in total. The lowest BCUT2D eigenvalue weighted by molar-refractivity contribution is 0.102. The van der Waals surface area contributed by atoms with Crippen LogP contribution in [0.25, 0.3) is 0 Å². The number of hydrogen-bond acceptors (Lipinski definition) is 4. The maximum atomic E-state index is 12.1. The molecule has 24 heavy (non-hydrogen) atoms. The van der Waals surface area contributed by atoms with Crippen molar-refractivity contribution < 1.29 is 9.53 Å². The number of rotatable bonds is 4. The largest absolute Gasteiger partial charge is 0.457 e. The summed E-state index contributed by atoms with van der Waals surface area (Å²) in [6, 6.07) is 14.7. The number of carbonyl (C=O) groups excluding carboxylic acids is 1. The van der Waals surface area contributed by atoms with Gasteiger partial charge >= 0.3 is 0 Å². The highest BCUT2D eigenvalue weighted by atomic mass is 79.9. The van der Waals surface area contributed by atoms with Crippen LogP contribution in [0.15, 0.2) is 65.4 Å². The van der Waals surface area contributed by atoms with E-state index in [1.807, 2.05) is 31.2 Å². The second-order valence-corrected chi connectivity index (χ2v) is 5.99. The molecule has 2 aromatic carbocycles. The Kier molecular flexibility index (Phi) is 4.86. The van der Waals surface area contributed by atoms with Crippen LogP contribution >= 0.6 is 15.9 Å². The van der Waals surface area contributed by atoms with Gasteiger partial charge in [0.25, 0.3) is 5.91 Å². The van der Waals surface area contributed by atoms with Crippen LogP contribution in [0.1, 0.15) is 16.2 Å². The summed E-state index contributed by atoms with van der Waals surface area (Å²) in [4.78, 5) is 20.2. The summed E-state index contributed by atoms with van der Waals surface area (Å²) >= 11 is 3.38. The molecule has 0 radical (unpaired) electrons. The molecule has 0 atom stereocenters. The van der Waals surface area contributed by atoms with E-state index >= 15 is 0 Å². The maximum absolute atomic E-state index is 12.1. The molecule has 3 aromatic rings. The zero-order valence-electron chi connectivity index (χ0n) is 12.9. The quantitative estimate of drug-likeness (QED) is 0.715. The molecule has 1 aromatic heterocycles. The summed E-state index contributed by atoms with van der Waals surface area (Å²) in [7, 11) is 0. The molecule has 1 heterocycles. The zero-order valence-corrected chi connectivity index (χ0v) is 14.4. The third-order valence-electron chi connectivity index (χ3n) is 3.18. The maximum Gasteiger partial charge on any atom is 0.275 e. The van der Waals surface area contributed by atoms with E-state index in [0.717, 1.165) is 15.9 Å². The molecule has 0 fully saturated rings. The van der Waals surface area contributed by atoms with Crippen LogP contribution in [0.3, 0.4) is 0 Å². The van der Waals surface area contributed by atoms with Gasteiger partial charge in [-0.3, -0.25) is 9.78 Å². The molecule has 6 heteroatoms. The van der Waals surface area contributed by atoms with Gasteiger partial charge < -0.3 is 10.1 Å². The van der Waals surface area contributed by atoms with E-state index in [1.54, 1.807) is 30.5 Å². The summed E-state index contributed by atoms with van der Waals surface area (Å²) in [5, 5.41) is 2.77. The van der Waals surface area contributed by atoms with Crippen LogP contribution in [0, 0.1) is 6.92 Å². The van der Waals surface area contributed by atoms with Crippen LogP contribution in [-0.4, -0.2) is 15.9 Å². The number of hydrogen-bond donors (Lipinski definition) is 1. The number of benzene rings is 2. The Morgan fingerprint density at radius 1 is 0.958 bits per heavy atom. The van der Waals surface area contributed by atoms with Crippen LogP contribution < -0.4 is 10.1 Å². The van der Waals surface area contributed by atoms with Crippen molar-refractivity contribution in [2.24, 2.45) is 0 Å². The van der Waals surface area contributed by atoms with E-state index in [0.29, 0.717) is 11.4 Å². The van der Waals surface area contributed by atoms with Crippen molar-refractivity contribution in [3.05, 3.63) is 76.8 Å². The van der Waals surface area contributed by atoms with Gasteiger partial charge in [0.2, 0.25) is 0 Å². The highest BCUT2D eigenvalue weighted by Gasteiger charge is 2.08. The molecule has 0 aliphatic heterocycles. The highest BCUT2D eigenvalue weighted by Crippen LogP contribution is 2.24. The Labute approximate surface area is 147 Å². The molecule has 0 saturated carbocycles. The minimum atomic E-state index is -0.302. The van der Waals surface area contributed by atoms with Crippen LogP contribution in [0.2, 0.25) is 0 Å². The SMILES string of the molecule is Cc1cnc(C(=O)Nc2ccc(Oc3ccc(Br)cc3)cc2)cn1. The van der Waals surface area contributed by atoms with Gasteiger partial charge in [-0.25, -0.2) is 4.98 Å². The second-order valence-electron chi connectivity index (χ2n) is 5.08. The molecule has 1 amide bonds. The fourth-order valence-corrected chi connectivity index (χ4v) is 2.21. The first kappa shape index (κ1) is 16.1. The van der Waals surface area contributed by atoms with Gasteiger partial charge in [-0.1, -0.05) is 15.9 Å². The molecule has 1 N–H and O–H groups in total. The standard InChI is InChI=1S/C18H14BrN3O2/c1-12-10-21-17(11-20-12)18(23)22-14-4-8-16(9-5-14)24-15-6-2-13(19)3-7-15/h2-11H,1H3,(H,22,23). The second kappa shape index (κ2) is 7.23. The van der Waals surface area contributed by atoms with Gasteiger partial charge in [0.05, 0.1) is 11.9 Å². The molecule has 0 saturated heterocycles. The molecular weight excluding hydrogens is 370 g/mol. The van der Waals surface area contributed by atoms with Crippen molar-refractivity contribution in [2.45, 2.75) is 6.92 Å². The fourth-order valence-electron chi connectivity index (χ4n) is 1.95. The molecule has 0 spiro atoms. The third-order valence-corrected chi connectivity index (χ3v) is 3.70. The molecule has 120 valence electrons. The molecule has 0 aliphatic carbocycles. The van der Waals surface area contributed by atoms with Crippen molar-refractivity contribution in [3.63, 3.8) is 0 Å². The smallest absolute Gasteiger partial charge is 0.275 e. The number of nitrogens with one attached hydrogen (secondary N) is 1. The fraction of sp³-hybridized carbons (Fsp3) is 0.0556. The lowest BCUT2D eigenvalue weighted by atomic mass is 10.3. The van der Waals surface area contributed by atoms with E-state index < -0.39 is 0 Å². The van der Waals surface area contributed by atoms with Crippen LogP contribution in [0.5, 0.6) is 11.5 Å². The Morgan fingerprint density at radius 3 is 2.17 bits per heavy atom. The molecule has 0 unspecified atom stereocenters. The number of ether oxygens (including phenoxy) is 1. The van der Waals surface area contributed by atoms with Gasteiger partial charge in [0.15, 0.2) is 0 Å². The minimum Gasteiger partial charge on any atom is -0.457 e. The Morgan fingerprint density at radius 2 is 1.58 bits per heavy atom. The monoisotopic (exact) mass is 383 g/mol. The number of halogens is 1. The number of carbonyl (C=O) groups is 1. The van der Waals surface area contributed by atoms with E-state index in [9.17, 15) is 4.79 Å².